The Morgan fingerprint density at radius 2 is 1.16 bits per heavy atom. The van der Waals surface area contributed by atoms with Crippen molar-refractivity contribution in [3.8, 4) is 11.1 Å². The molecule has 5 amide bonds. The fraction of sp³-hybridized carbons (Fsp3) is 0.442. The molecule has 0 heterocycles. The Morgan fingerprint density at radius 3 is 1.74 bits per heavy atom. The molecule has 18 nitrogen and oxygen atoms in total. The maximum Gasteiger partial charge on any atom is 0.407 e. The van der Waals surface area contributed by atoms with Gasteiger partial charge in [0, 0.05) is 24.6 Å². The van der Waals surface area contributed by atoms with Crippen molar-refractivity contribution in [1.82, 2.24) is 21.3 Å². The normalized spacial score (nSPS) is 13.2. The first-order valence-electron chi connectivity index (χ1n) is 20.0. The number of carbonyl (C=O) groups excluding carboxylic acids is 5. The Morgan fingerprint density at radius 1 is 0.639 bits per heavy atom. The maximum atomic E-state index is 12.8. The molecule has 3 aromatic rings. The first-order chi connectivity index (χ1) is 29.5. The number of aliphatic hydroxyl groups excluding tert-OH is 1. The van der Waals surface area contributed by atoms with Crippen molar-refractivity contribution in [2.24, 2.45) is 0 Å². The number of ether oxygens (including phenoxy) is 5. The molecular formula is C43H55N5O13. The summed E-state index contributed by atoms with van der Waals surface area (Å²) in [5, 5.41) is 30.9. The molecular weight excluding hydrogens is 794 g/mol. The second-order valence-electron chi connectivity index (χ2n) is 14.0. The van der Waals surface area contributed by atoms with Crippen LogP contribution in [-0.2, 0) is 54.3 Å². The number of hydrogen-bond donors (Lipinski definition) is 7. The summed E-state index contributed by atoms with van der Waals surface area (Å²) in [7, 11) is 0. The number of anilines is 1. The van der Waals surface area contributed by atoms with Crippen LogP contribution in [0.1, 0.15) is 49.3 Å². The quantitative estimate of drug-likeness (QED) is 0.0544. The average molecular weight is 850 g/mol. The van der Waals surface area contributed by atoms with Crippen molar-refractivity contribution in [3.63, 3.8) is 0 Å². The van der Waals surface area contributed by atoms with E-state index < -0.39 is 60.2 Å². The van der Waals surface area contributed by atoms with Gasteiger partial charge in [-0.05, 0) is 53.8 Å². The number of rotatable bonds is 27. The predicted octanol–water partition coefficient (Wildman–Crippen LogP) is 2.08. The highest BCUT2D eigenvalue weighted by molar-refractivity contribution is 6.00. The van der Waals surface area contributed by atoms with Crippen LogP contribution in [0.3, 0.4) is 0 Å². The minimum atomic E-state index is -1.45. The van der Waals surface area contributed by atoms with Crippen LogP contribution in [-0.4, -0.2) is 130 Å². The molecule has 1 aliphatic rings. The van der Waals surface area contributed by atoms with Crippen LogP contribution in [0.25, 0.3) is 11.1 Å². The first-order valence-corrected chi connectivity index (χ1v) is 20.0. The lowest BCUT2D eigenvalue weighted by Gasteiger charge is -2.21. The molecule has 330 valence electrons. The van der Waals surface area contributed by atoms with Gasteiger partial charge in [0.15, 0.2) is 0 Å². The molecule has 61 heavy (non-hydrogen) atoms. The summed E-state index contributed by atoms with van der Waals surface area (Å²) >= 11 is 0. The lowest BCUT2D eigenvalue weighted by atomic mass is 9.98. The van der Waals surface area contributed by atoms with E-state index in [9.17, 15) is 39.0 Å². The van der Waals surface area contributed by atoms with E-state index in [0.29, 0.717) is 50.8 Å². The van der Waals surface area contributed by atoms with Crippen LogP contribution in [0.4, 0.5) is 10.5 Å². The summed E-state index contributed by atoms with van der Waals surface area (Å²) in [5.74, 6) is -4.07. The highest BCUT2D eigenvalue weighted by Gasteiger charge is 2.30. The Hall–Kier alpha value is -5.92. The maximum absolute atomic E-state index is 12.8. The van der Waals surface area contributed by atoms with Crippen LogP contribution in [0.5, 0.6) is 0 Å². The number of carbonyl (C=O) groups is 6. The minimum Gasteiger partial charge on any atom is -0.481 e. The highest BCUT2D eigenvalue weighted by atomic mass is 16.6. The van der Waals surface area contributed by atoms with E-state index >= 15 is 0 Å². The number of aliphatic carboxylic acids is 1. The highest BCUT2D eigenvalue weighted by Crippen LogP contribution is 2.44. The fourth-order valence-corrected chi connectivity index (χ4v) is 6.19. The summed E-state index contributed by atoms with van der Waals surface area (Å²) in [4.78, 5) is 74.1. The fourth-order valence-electron chi connectivity index (χ4n) is 6.19. The Bertz CT molecular complexity index is 1870. The van der Waals surface area contributed by atoms with Crippen LogP contribution in [0, 0.1) is 0 Å². The van der Waals surface area contributed by atoms with Crippen molar-refractivity contribution in [2.75, 3.05) is 71.3 Å². The molecule has 0 radical (unpaired) electrons. The van der Waals surface area contributed by atoms with Gasteiger partial charge in [-0.1, -0.05) is 60.7 Å². The van der Waals surface area contributed by atoms with Crippen LogP contribution in [0.2, 0.25) is 0 Å². The van der Waals surface area contributed by atoms with E-state index in [2.05, 4.69) is 50.8 Å². The molecule has 7 N–H and O–H groups in total. The third-order valence-corrected chi connectivity index (χ3v) is 9.39. The Labute approximate surface area is 354 Å². The van der Waals surface area contributed by atoms with Gasteiger partial charge in [0.05, 0.1) is 65.9 Å². The first kappa shape index (κ1) is 47.8. The zero-order valence-electron chi connectivity index (χ0n) is 34.3. The Kier molecular flexibility index (Phi) is 20.1. The summed E-state index contributed by atoms with van der Waals surface area (Å²) in [5.41, 5.74) is 5.57. The van der Waals surface area contributed by atoms with Gasteiger partial charge in [0.1, 0.15) is 24.7 Å². The molecule has 0 aromatic heterocycles. The van der Waals surface area contributed by atoms with E-state index in [1.165, 1.54) is 37.1 Å². The van der Waals surface area contributed by atoms with Crippen molar-refractivity contribution < 1.29 is 62.7 Å². The summed E-state index contributed by atoms with van der Waals surface area (Å²) < 4.78 is 27.4. The van der Waals surface area contributed by atoms with Gasteiger partial charge < -0.3 is 60.5 Å². The number of amides is 5. The molecule has 0 spiro atoms. The Balaban J connectivity index is 0.955. The van der Waals surface area contributed by atoms with Crippen molar-refractivity contribution in [2.45, 2.75) is 57.3 Å². The molecule has 3 atom stereocenters. The van der Waals surface area contributed by atoms with Crippen molar-refractivity contribution >= 4 is 41.4 Å². The summed E-state index contributed by atoms with van der Waals surface area (Å²) in [6.07, 6.45) is -1.25. The standard InChI is InChI=1S/C43H55N5O13/c1-28(40(53)46-29(2)41(54)48-37(25-39(51)52)42(55)47-31-13-11-30(26-49)12-14-31)45-38(50)15-17-57-19-21-59-23-24-60-22-20-58-18-16-44-43(56)61-27-36-34-9-5-3-7-32(34)33-8-4-6-10-35(33)36/h3-14,28-29,36-37,49H,15-27H2,1-2H3,(H,44,56)(H,45,50)(H,46,53)(H,47,55)(H,48,54)(H,51,52)/t28-,29-,37-/m0/s1. The molecule has 0 saturated carbocycles. The number of carboxylic acids is 1. The van der Waals surface area contributed by atoms with Crippen LogP contribution >= 0.6 is 0 Å². The lowest BCUT2D eigenvalue weighted by molar-refractivity contribution is -0.140. The molecule has 0 saturated heterocycles. The minimum absolute atomic E-state index is 0.00585. The van der Waals surface area contributed by atoms with Gasteiger partial charge >= 0.3 is 12.1 Å². The van der Waals surface area contributed by atoms with E-state index in [4.69, 9.17) is 23.7 Å². The molecule has 3 aromatic carbocycles. The monoisotopic (exact) mass is 849 g/mol. The number of benzene rings is 3. The molecule has 0 unspecified atom stereocenters. The van der Waals surface area contributed by atoms with Gasteiger partial charge in [-0.25, -0.2) is 4.79 Å². The zero-order chi connectivity index (χ0) is 44.0. The van der Waals surface area contributed by atoms with E-state index in [0.717, 1.165) is 11.1 Å². The number of alkyl carbamates (subject to hydrolysis) is 1. The third kappa shape index (κ3) is 16.2. The molecule has 0 fully saturated rings. The lowest BCUT2D eigenvalue weighted by Crippen LogP contribution is -2.55. The molecule has 4 rings (SSSR count). The van der Waals surface area contributed by atoms with E-state index in [1.807, 2.05) is 24.3 Å². The van der Waals surface area contributed by atoms with Gasteiger partial charge in [0.25, 0.3) is 0 Å². The van der Waals surface area contributed by atoms with Crippen molar-refractivity contribution in [3.05, 3.63) is 89.5 Å². The second kappa shape index (κ2) is 25.6. The second-order valence-corrected chi connectivity index (χ2v) is 14.0. The number of hydrogen-bond acceptors (Lipinski definition) is 12. The van der Waals surface area contributed by atoms with Crippen LogP contribution < -0.4 is 26.6 Å². The van der Waals surface area contributed by atoms with Crippen molar-refractivity contribution in [1.29, 1.82) is 0 Å². The third-order valence-electron chi connectivity index (χ3n) is 9.39. The van der Waals surface area contributed by atoms with Gasteiger partial charge in [-0.2, -0.15) is 0 Å². The summed E-state index contributed by atoms with van der Waals surface area (Å²) in [6.45, 7) is 5.34. The number of aliphatic hydroxyl groups is 1. The molecule has 18 heteroatoms. The average Bonchev–Trinajstić information content (AvgIpc) is 3.57. The molecule has 0 aliphatic heterocycles. The largest absolute Gasteiger partial charge is 0.481 e. The molecule has 0 bridgehead atoms. The summed E-state index contributed by atoms with van der Waals surface area (Å²) in [6, 6.07) is 18.8. The number of nitrogens with one attached hydrogen (secondary N) is 5. The van der Waals surface area contributed by atoms with Gasteiger partial charge in [0.2, 0.25) is 23.6 Å². The smallest absolute Gasteiger partial charge is 0.407 e. The van der Waals surface area contributed by atoms with E-state index in [1.54, 1.807) is 12.1 Å². The molecule has 1 aliphatic carbocycles. The van der Waals surface area contributed by atoms with Gasteiger partial charge in [-0.15, -0.1) is 0 Å². The van der Waals surface area contributed by atoms with Gasteiger partial charge in [-0.3, -0.25) is 24.0 Å². The zero-order valence-corrected chi connectivity index (χ0v) is 34.3. The predicted molar refractivity (Wildman–Crippen MR) is 221 cm³/mol. The SMILES string of the molecule is C[C@H](NC(=O)CCOCCOCCOCCOCCNC(=O)OCC1c2ccccc2-c2ccccc21)C(=O)N[C@@H](C)C(=O)N[C@@H](CC(=O)O)C(=O)Nc1ccc(CO)cc1. The number of carboxylic acid groups (broad SMARTS) is 1. The van der Waals surface area contributed by atoms with Crippen LogP contribution in [0.15, 0.2) is 72.8 Å². The number of fused-ring (bicyclic) bond motifs is 3. The topological polar surface area (TPSA) is 249 Å². The van der Waals surface area contributed by atoms with E-state index in [-0.39, 0.29) is 45.4 Å².